The van der Waals surface area contributed by atoms with Crippen LogP contribution in [0.3, 0.4) is 0 Å². The van der Waals surface area contributed by atoms with E-state index >= 15 is 0 Å². The van der Waals surface area contributed by atoms with Gasteiger partial charge in [-0.1, -0.05) is 17.3 Å². The number of carbonyl (C=O) groups excluding carboxylic acids is 1. The molecule has 1 saturated heterocycles. The Morgan fingerprint density at radius 2 is 2.12 bits per heavy atom. The summed E-state index contributed by atoms with van der Waals surface area (Å²) < 4.78 is 32.1. The summed E-state index contributed by atoms with van der Waals surface area (Å²) in [4.78, 5) is 16.0. The lowest BCUT2D eigenvalue weighted by molar-refractivity contribution is 0.101. The van der Waals surface area contributed by atoms with Gasteiger partial charge in [-0.3, -0.25) is 4.79 Å². The highest BCUT2D eigenvalue weighted by Gasteiger charge is 2.40. The van der Waals surface area contributed by atoms with E-state index < -0.39 is 10.0 Å². The highest BCUT2D eigenvalue weighted by atomic mass is 32.2. The highest BCUT2D eigenvalue weighted by molar-refractivity contribution is 7.89. The van der Waals surface area contributed by atoms with Gasteiger partial charge >= 0.3 is 0 Å². The van der Waals surface area contributed by atoms with E-state index in [1.54, 1.807) is 23.5 Å². The van der Waals surface area contributed by atoms with Crippen molar-refractivity contribution in [2.75, 3.05) is 13.1 Å². The summed E-state index contributed by atoms with van der Waals surface area (Å²) in [5.74, 6) is 0.655. The molecule has 1 aromatic carbocycles. The lowest BCUT2D eigenvalue weighted by Gasteiger charge is -2.35. The summed E-state index contributed by atoms with van der Waals surface area (Å²) in [6.45, 7) is 1.96. The highest BCUT2D eigenvalue weighted by Crippen LogP contribution is 2.32. The third-order valence-corrected chi connectivity index (χ3v) is 6.81. The number of sulfonamides is 1. The van der Waals surface area contributed by atoms with Gasteiger partial charge in [0, 0.05) is 29.6 Å². The molecule has 0 unspecified atom stereocenters. The average molecular weight is 389 g/mol. The Morgan fingerprint density at radius 1 is 1.31 bits per heavy atom. The fraction of sp³-hybridized carbons (Fsp3) is 0.235. The predicted molar refractivity (Wildman–Crippen MR) is 95.6 cm³/mol. The molecule has 1 fully saturated rings. The maximum atomic E-state index is 12.7. The second kappa shape index (κ2) is 6.42. The van der Waals surface area contributed by atoms with E-state index in [0.717, 1.165) is 5.56 Å². The molecule has 3 heterocycles. The maximum absolute atomic E-state index is 12.7. The molecule has 0 amide bonds. The van der Waals surface area contributed by atoms with Crippen molar-refractivity contribution in [2.24, 2.45) is 0 Å². The summed E-state index contributed by atoms with van der Waals surface area (Å²) in [6, 6.07) is 7.98. The second-order valence-corrected chi connectivity index (χ2v) is 8.79. The van der Waals surface area contributed by atoms with Crippen LogP contribution >= 0.6 is 11.3 Å². The summed E-state index contributed by atoms with van der Waals surface area (Å²) >= 11 is 1.54. The van der Waals surface area contributed by atoms with Gasteiger partial charge in [0.2, 0.25) is 21.7 Å². The largest absolute Gasteiger partial charge is 0.339 e. The van der Waals surface area contributed by atoms with Crippen molar-refractivity contribution in [1.29, 1.82) is 0 Å². The van der Waals surface area contributed by atoms with Crippen LogP contribution in [0.25, 0.3) is 11.4 Å². The minimum Gasteiger partial charge on any atom is -0.339 e. The van der Waals surface area contributed by atoms with Gasteiger partial charge in [0.15, 0.2) is 5.78 Å². The van der Waals surface area contributed by atoms with Crippen molar-refractivity contribution in [3.63, 3.8) is 0 Å². The van der Waals surface area contributed by atoms with Crippen molar-refractivity contribution in [1.82, 2.24) is 14.4 Å². The summed E-state index contributed by atoms with van der Waals surface area (Å²) in [7, 11) is -3.64. The monoisotopic (exact) mass is 389 g/mol. The first-order valence-electron chi connectivity index (χ1n) is 7.92. The number of thiophene rings is 1. The van der Waals surface area contributed by atoms with Gasteiger partial charge < -0.3 is 4.52 Å². The van der Waals surface area contributed by atoms with E-state index in [9.17, 15) is 13.2 Å². The van der Waals surface area contributed by atoms with Crippen LogP contribution in [-0.4, -0.2) is 41.7 Å². The molecule has 3 aromatic rings. The zero-order valence-electron chi connectivity index (χ0n) is 13.8. The first-order chi connectivity index (χ1) is 12.4. The average Bonchev–Trinajstić information content (AvgIpc) is 3.24. The van der Waals surface area contributed by atoms with Crippen LogP contribution in [0.4, 0.5) is 0 Å². The SMILES string of the molecule is CC(=O)c1cccc(S(=O)(=O)N2CC(c3nc(-c4ccsc4)no3)C2)c1. The van der Waals surface area contributed by atoms with E-state index in [-0.39, 0.29) is 29.7 Å². The van der Waals surface area contributed by atoms with E-state index in [1.165, 1.54) is 23.4 Å². The van der Waals surface area contributed by atoms with E-state index in [4.69, 9.17) is 4.52 Å². The van der Waals surface area contributed by atoms with Crippen LogP contribution in [-0.2, 0) is 10.0 Å². The zero-order valence-corrected chi connectivity index (χ0v) is 15.5. The molecule has 0 aliphatic carbocycles. The Kier molecular flexibility index (Phi) is 4.22. The number of ketones is 1. The van der Waals surface area contributed by atoms with Crippen LogP contribution in [0.5, 0.6) is 0 Å². The number of benzene rings is 1. The zero-order chi connectivity index (χ0) is 18.3. The molecule has 0 saturated carbocycles. The number of hydrogen-bond donors (Lipinski definition) is 0. The van der Waals surface area contributed by atoms with E-state index in [1.807, 2.05) is 16.8 Å². The second-order valence-electron chi connectivity index (χ2n) is 6.07. The third kappa shape index (κ3) is 2.98. The standard InChI is InChI=1S/C17H15N3O4S2/c1-11(21)12-3-2-4-15(7-12)26(22,23)20-8-14(9-20)17-18-16(19-24-17)13-5-6-25-10-13/h2-7,10,14H,8-9H2,1H3. The molecule has 0 atom stereocenters. The molecule has 1 aliphatic rings. The topological polar surface area (TPSA) is 93.4 Å². The molecule has 0 radical (unpaired) electrons. The maximum Gasteiger partial charge on any atom is 0.243 e. The smallest absolute Gasteiger partial charge is 0.243 e. The molecule has 2 aromatic heterocycles. The van der Waals surface area contributed by atoms with Gasteiger partial charge in [0.25, 0.3) is 0 Å². The van der Waals surface area contributed by atoms with Crippen LogP contribution < -0.4 is 0 Å². The van der Waals surface area contributed by atoms with Crippen LogP contribution in [0, 0.1) is 0 Å². The number of carbonyl (C=O) groups is 1. The summed E-state index contributed by atoms with van der Waals surface area (Å²) in [5, 5.41) is 7.81. The summed E-state index contributed by atoms with van der Waals surface area (Å²) in [5.41, 5.74) is 1.26. The lowest BCUT2D eigenvalue weighted by Crippen LogP contribution is -2.48. The Balaban J connectivity index is 1.49. The Labute approximate surface area is 154 Å². The molecule has 9 heteroatoms. The van der Waals surface area contributed by atoms with Gasteiger partial charge in [-0.25, -0.2) is 8.42 Å². The fourth-order valence-corrected chi connectivity index (χ4v) is 4.94. The van der Waals surface area contributed by atoms with Gasteiger partial charge in [-0.2, -0.15) is 20.6 Å². The Hall–Kier alpha value is -2.36. The summed E-state index contributed by atoms with van der Waals surface area (Å²) in [6.07, 6.45) is 0. The number of Topliss-reactive ketones (excluding diaryl/α,β-unsaturated/α-hetero) is 1. The molecule has 134 valence electrons. The molecule has 7 nitrogen and oxygen atoms in total. The molecule has 0 spiro atoms. The lowest BCUT2D eigenvalue weighted by atomic mass is 10.0. The molecular formula is C17H15N3O4S2. The Morgan fingerprint density at radius 3 is 2.81 bits per heavy atom. The van der Waals surface area contributed by atoms with Crippen molar-refractivity contribution >= 4 is 27.1 Å². The van der Waals surface area contributed by atoms with Crippen LogP contribution in [0.15, 0.2) is 50.5 Å². The van der Waals surface area contributed by atoms with E-state index in [2.05, 4.69) is 10.1 Å². The van der Waals surface area contributed by atoms with Gasteiger partial charge in [0.05, 0.1) is 10.8 Å². The molecule has 26 heavy (non-hydrogen) atoms. The number of hydrogen-bond acceptors (Lipinski definition) is 7. The van der Waals surface area contributed by atoms with Gasteiger partial charge in [-0.05, 0) is 30.5 Å². The van der Waals surface area contributed by atoms with Crippen LogP contribution in [0.2, 0.25) is 0 Å². The molecule has 1 aliphatic heterocycles. The first-order valence-corrected chi connectivity index (χ1v) is 10.3. The van der Waals surface area contributed by atoms with Crippen molar-refractivity contribution in [2.45, 2.75) is 17.7 Å². The van der Waals surface area contributed by atoms with Crippen LogP contribution in [0.1, 0.15) is 29.1 Å². The number of rotatable bonds is 5. The van der Waals surface area contributed by atoms with Gasteiger partial charge in [-0.15, -0.1) is 0 Å². The minimum atomic E-state index is -3.64. The molecular weight excluding hydrogens is 374 g/mol. The fourth-order valence-electron chi connectivity index (χ4n) is 2.73. The Bertz CT molecular complexity index is 1050. The van der Waals surface area contributed by atoms with Gasteiger partial charge in [0.1, 0.15) is 0 Å². The molecule has 4 rings (SSSR count). The number of nitrogens with zero attached hydrogens (tertiary/aromatic N) is 3. The number of aromatic nitrogens is 2. The van der Waals surface area contributed by atoms with Crippen molar-refractivity contribution in [3.8, 4) is 11.4 Å². The molecule has 0 bridgehead atoms. The third-order valence-electron chi connectivity index (χ3n) is 4.30. The predicted octanol–water partition coefficient (Wildman–Crippen LogP) is 2.79. The minimum absolute atomic E-state index is 0.119. The normalized spacial score (nSPS) is 15.7. The van der Waals surface area contributed by atoms with Crippen molar-refractivity contribution in [3.05, 3.63) is 52.5 Å². The van der Waals surface area contributed by atoms with Crippen molar-refractivity contribution < 1.29 is 17.7 Å². The molecule has 0 N–H and O–H groups in total. The van der Waals surface area contributed by atoms with E-state index in [0.29, 0.717) is 17.3 Å². The first kappa shape index (κ1) is 17.1. The quantitative estimate of drug-likeness (QED) is 0.623.